The molecule has 12 N–H and O–H groups in total. The van der Waals surface area contributed by atoms with Gasteiger partial charge in [0.25, 0.3) is 5.79 Å². The lowest BCUT2D eigenvalue weighted by Gasteiger charge is -2.50. The molecule has 0 saturated carbocycles. The first-order valence-corrected chi connectivity index (χ1v) is 13.6. The molecular formula is C24H41NO19. The number of methoxy groups -OCH3 is 1. The number of carboxylic acid groups (broad SMARTS) is 1. The Morgan fingerprint density at radius 3 is 2.11 bits per heavy atom. The first kappa shape index (κ1) is 36.8. The van der Waals surface area contributed by atoms with Crippen molar-refractivity contribution in [2.24, 2.45) is 0 Å². The summed E-state index contributed by atoms with van der Waals surface area (Å²) >= 11 is 0. The topological polar surface area (TPSA) is 324 Å². The molecule has 256 valence electrons. The predicted molar refractivity (Wildman–Crippen MR) is 135 cm³/mol. The average molecular weight is 648 g/mol. The van der Waals surface area contributed by atoms with Gasteiger partial charge in [-0.3, -0.25) is 4.79 Å². The molecule has 1 amide bonds. The van der Waals surface area contributed by atoms with E-state index in [1.165, 1.54) is 0 Å². The van der Waals surface area contributed by atoms with Crippen LogP contribution in [0.25, 0.3) is 0 Å². The number of carbonyl (C=O) groups is 2. The van der Waals surface area contributed by atoms with E-state index in [-0.39, 0.29) is 0 Å². The van der Waals surface area contributed by atoms with Crippen LogP contribution >= 0.6 is 0 Å². The lowest BCUT2D eigenvalue weighted by Crippen LogP contribution is -2.70. The summed E-state index contributed by atoms with van der Waals surface area (Å²) in [7, 11) is 1.09. The average Bonchev–Trinajstić information content (AvgIpc) is 2.98. The zero-order valence-electron chi connectivity index (χ0n) is 23.7. The molecule has 3 aliphatic heterocycles. The van der Waals surface area contributed by atoms with Gasteiger partial charge in [0.15, 0.2) is 12.6 Å². The third-order valence-corrected chi connectivity index (χ3v) is 7.66. The van der Waals surface area contributed by atoms with Crippen molar-refractivity contribution in [2.75, 3.05) is 26.9 Å². The molecular weight excluding hydrogens is 606 g/mol. The van der Waals surface area contributed by atoms with Gasteiger partial charge in [0.1, 0.15) is 67.1 Å². The summed E-state index contributed by atoms with van der Waals surface area (Å²) in [4.78, 5) is 24.3. The number of aliphatic hydroxyl groups excluding tert-OH is 10. The minimum absolute atomic E-state index is 0.686. The SMILES string of the molecule is CO[C@@H]1O[C@H](CO[C@H]2O[C@H](CO)[C@H](O)[C@H](O)[C@H]2O)[C@H](O)[C@H](O[C@]2(C(=O)O)C[C@H](O)[C@@H](NC(C)=O)[C@H]([C@H](O)[C@H](O)CO)O2)[C@H]1O. The van der Waals surface area contributed by atoms with Crippen molar-refractivity contribution in [1.82, 2.24) is 5.32 Å². The summed E-state index contributed by atoms with van der Waals surface area (Å²) in [5.74, 6) is -5.58. The lowest BCUT2D eigenvalue weighted by atomic mass is 9.88. The molecule has 3 saturated heterocycles. The molecule has 0 unspecified atom stereocenters. The highest BCUT2D eigenvalue weighted by Gasteiger charge is 2.59. The van der Waals surface area contributed by atoms with Crippen molar-refractivity contribution >= 4 is 11.9 Å². The van der Waals surface area contributed by atoms with E-state index in [9.17, 15) is 65.8 Å². The maximum absolute atomic E-state index is 12.6. The van der Waals surface area contributed by atoms with Crippen LogP contribution in [0, 0.1) is 0 Å². The summed E-state index contributed by atoms with van der Waals surface area (Å²) in [6.45, 7) is -1.40. The molecule has 0 aromatic carbocycles. The number of hydrogen-bond donors (Lipinski definition) is 12. The van der Waals surface area contributed by atoms with Crippen LogP contribution in [0.2, 0.25) is 0 Å². The van der Waals surface area contributed by atoms with Crippen molar-refractivity contribution in [3.05, 3.63) is 0 Å². The van der Waals surface area contributed by atoms with Crippen LogP contribution in [-0.2, 0) is 38.0 Å². The third-order valence-electron chi connectivity index (χ3n) is 7.66. The lowest BCUT2D eigenvalue weighted by molar-refractivity contribution is -0.372. The highest BCUT2D eigenvalue weighted by atomic mass is 16.8. The number of amides is 1. The number of carboxylic acids is 1. The van der Waals surface area contributed by atoms with Gasteiger partial charge in [-0.25, -0.2) is 4.79 Å². The Morgan fingerprint density at radius 1 is 0.932 bits per heavy atom. The van der Waals surface area contributed by atoms with Crippen molar-refractivity contribution in [1.29, 1.82) is 0 Å². The van der Waals surface area contributed by atoms with Crippen molar-refractivity contribution < 1.29 is 94.2 Å². The molecule has 0 radical (unpaired) electrons. The van der Waals surface area contributed by atoms with E-state index in [2.05, 4.69) is 5.32 Å². The fraction of sp³-hybridized carbons (Fsp3) is 0.917. The Bertz CT molecular complexity index is 958. The van der Waals surface area contributed by atoms with Crippen molar-refractivity contribution in [3.63, 3.8) is 0 Å². The Labute approximate surface area is 249 Å². The summed E-state index contributed by atoms with van der Waals surface area (Å²) in [5.41, 5.74) is 0. The van der Waals surface area contributed by atoms with Gasteiger partial charge in [0, 0.05) is 20.5 Å². The number of aliphatic hydroxyl groups is 10. The van der Waals surface area contributed by atoms with E-state index in [4.69, 9.17) is 28.4 Å². The number of aliphatic carboxylic acids is 1. The van der Waals surface area contributed by atoms with Gasteiger partial charge in [-0.1, -0.05) is 0 Å². The molecule has 44 heavy (non-hydrogen) atoms. The van der Waals surface area contributed by atoms with E-state index in [1.54, 1.807) is 0 Å². The van der Waals surface area contributed by atoms with E-state index in [1.807, 2.05) is 0 Å². The van der Waals surface area contributed by atoms with Gasteiger partial charge in [0.05, 0.1) is 32.0 Å². The predicted octanol–water partition coefficient (Wildman–Crippen LogP) is -7.57. The molecule has 20 heteroatoms. The summed E-state index contributed by atoms with van der Waals surface area (Å²) < 4.78 is 32.3. The van der Waals surface area contributed by atoms with Gasteiger partial charge in [-0.05, 0) is 0 Å². The molecule has 0 aromatic heterocycles. The van der Waals surface area contributed by atoms with Crippen LogP contribution in [-0.4, -0.2) is 193 Å². The maximum Gasteiger partial charge on any atom is 0.364 e. The number of ether oxygens (including phenoxy) is 6. The van der Waals surface area contributed by atoms with Gasteiger partial charge in [-0.2, -0.15) is 0 Å². The number of nitrogens with one attached hydrogen (secondary N) is 1. The number of rotatable bonds is 12. The summed E-state index contributed by atoms with van der Waals surface area (Å²) in [6, 6.07) is -1.50. The second-order valence-corrected chi connectivity index (χ2v) is 10.8. The Morgan fingerprint density at radius 2 is 1.57 bits per heavy atom. The van der Waals surface area contributed by atoms with Crippen LogP contribution in [0.15, 0.2) is 0 Å². The molecule has 3 aliphatic rings. The fourth-order valence-electron chi connectivity index (χ4n) is 5.24. The number of carbonyl (C=O) groups excluding carboxylic acids is 1. The van der Waals surface area contributed by atoms with E-state index < -0.39 is 136 Å². The molecule has 16 atom stereocenters. The Hall–Kier alpha value is -1.70. The zero-order valence-corrected chi connectivity index (χ0v) is 23.7. The van der Waals surface area contributed by atoms with Crippen LogP contribution in [0.5, 0.6) is 0 Å². The summed E-state index contributed by atoms with van der Waals surface area (Å²) in [5, 5.41) is 115. The highest BCUT2D eigenvalue weighted by molar-refractivity contribution is 5.76. The van der Waals surface area contributed by atoms with Crippen LogP contribution in [0.4, 0.5) is 0 Å². The number of hydrogen-bond acceptors (Lipinski definition) is 18. The molecule has 3 heterocycles. The minimum atomic E-state index is -2.94. The first-order chi connectivity index (χ1) is 20.6. The normalized spacial score (nSPS) is 44.5. The standard InChI is InChI=1S/C24H41NO19/c1-7(28)25-12-8(29)3-24(23(37)38,43-19(12)13(31)9(30)4-26)44-20-15(33)11(42-21(39-2)18(20)36)6-40-22-17(35)16(34)14(32)10(5-27)41-22/h8-22,26-27,29-36H,3-6H2,1-2H3,(H,25,28)(H,37,38)/t8-,9+,10+,11+,12+,13+,14-,15-,16-,17+,18+,19+,20-,21+,22-,24-/m0/s1. The van der Waals surface area contributed by atoms with Gasteiger partial charge < -0.3 is 89.9 Å². The molecule has 0 aliphatic carbocycles. The first-order valence-electron chi connectivity index (χ1n) is 13.6. The zero-order chi connectivity index (χ0) is 33.1. The minimum Gasteiger partial charge on any atom is -0.477 e. The van der Waals surface area contributed by atoms with Gasteiger partial charge >= 0.3 is 5.97 Å². The second-order valence-electron chi connectivity index (χ2n) is 10.8. The largest absolute Gasteiger partial charge is 0.477 e. The molecule has 3 rings (SSSR count). The van der Waals surface area contributed by atoms with Crippen molar-refractivity contribution in [3.8, 4) is 0 Å². The smallest absolute Gasteiger partial charge is 0.364 e. The fourth-order valence-corrected chi connectivity index (χ4v) is 5.24. The molecule has 20 nitrogen and oxygen atoms in total. The van der Waals surface area contributed by atoms with E-state index in [0.29, 0.717) is 0 Å². The summed E-state index contributed by atoms with van der Waals surface area (Å²) in [6.07, 6.45) is -25.9. The maximum atomic E-state index is 12.6. The monoisotopic (exact) mass is 647 g/mol. The van der Waals surface area contributed by atoms with Crippen LogP contribution in [0.1, 0.15) is 13.3 Å². The Balaban J connectivity index is 1.87. The molecule has 0 aromatic rings. The quantitative estimate of drug-likeness (QED) is 0.0935. The molecule has 0 bridgehead atoms. The molecule has 0 spiro atoms. The Kier molecular flexibility index (Phi) is 12.8. The second kappa shape index (κ2) is 15.3. The van der Waals surface area contributed by atoms with E-state index in [0.717, 1.165) is 14.0 Å². The van der Waals surface area contributed by atoms with Crippen LogP contribution < -0.4 is 5.32 Å². The third kappa shape index (κ3) is 7.63. The highest BCUT2D eigenvalue weighted by Crippen LogP contribution is 2.37. The van der Waals surface area contributed by atoms with Gasteiger partial charge in [-0.15, -0.1) is 0 Å². The molecule has 3 fully saturated rings. The van der Waals surface area contributed by atoms with Crippen molar-refractivity contribution in [2.45, 2.75) is 111 Å². The van der Waals surface area contributed by atoms with Gasteiger partial charge in [0.2, 0.25) is 5.91 Å². The van der Waals surface area contributed by atoms with Crippen LogP contribution in [0.3, 0.4) is 0 Å². The van der Waals surface area contributed by atoms with E-state index >= 15 is 0 Å².